The number of aromatic hydroxyl groups is 1. The van der Waals surface area contributed by atoms with E-state index in [9.17, 15) is 55.2 Å². The molecule has 6 atom stereocenters. The molecule has 39 heavy (non-hydrogen) atoms. The highest BCUT2D eigenvalue weighted by Gasteiger charge is 2.45. The molecule has 0 spiro atoms. The predicted molar refractivity (Wildman–Crippen MR) is 128 cm³/mol. The number of hydrogen-bond acceptors (Lipinski definition) is 12. The molecular formula is C24H26N2O13. The molecule has 3 aliphatic heterocycles. The van der Waals surface area contributed by atoms with Crippen molar-refractivity contribution in [3.63, 3.8) is 0 Å². The summed E-state index contributed by atoms with van der Waals surface area (Å²) < 4.78 is 10.8. The lowest BCUT2D eigenvalue weighted by Crippen LogP contribution is -2.60. The minimum atomic E-state index is -1.73. The van der Waals surface area contributed by atoms with Crippen molar-refractivity contribution in [3.05, 3.63) is 52.9 Å². The molecule has 0 unspecified atom stereocenters. The van der Waals surface area contributed by atoms with E-state index in [0.29, 0.717) is 11.3 Å². The molecule has 15 nitrogen and oxygen atoms in total. The smallest absolute Gasteiger partial charge is 0.352 e. The van der Waals surface area contributed by atoms with Crippen LogP contribution in [0.1, 0.15) is 5.56 Å². The van der Waals surface area contributed by atoms with Gasteiger partial charge in [0.1, 0.15) is 41.9 Å². The van der Waals surface area contributed by atoms with Gasteiger partial charge in [-0.2, -0.15) is 0 Å². The number of aliphatic hydroxyl groups excluding tert-OH is 4. The third-order valence-electron chi connectivity index (χ3n) is 6.51. The highest BCUT2D eigenvalue weighted by Crippen LogP contribution is 2.41. The van der Waals surface area contributed by atoms with Gasteiger partial charge in [0.05, 0.1) is 6.61 Å². The van der Waals surface area contributed by atoms with E-state index in [0.717, 1.165) is 0 Å². The van der Waals surface area contributed by atoms with Gasteiger partial charge in [-0.25, -0.2) is 14.4 Å². The first-order chi connectivity index (χ1) is 18.4. The molecule has 4 rings (SSSR count). The second-order valence-corrected chi connectivity index (χ2v) is 9.03. The SMILES string of the molecule is O=C(O)C1=CC(=CCN2c3cc(O)c(O[C@H]4O[C@@H](CO)[C@@H](O)[C@@H](O)[C@H]4O)cc3C[C@@H]2C(=O)O)C=C(C(=O)O)N1. The second kappa shape index (κ2) is 10.9. The van der Waals surface area contributed by atoms with Gasteiger partial charge in [-0.05, 0) is 29.4 Å². The van der Waals surface area contributed by atoms with Gasteiger partial charge in [0.2, 0.25) is 6.29 Å². The molecule has 1 aromatic rings. The van der Waals surface area contributed by atoms with Crippen LogP contribution in [0.25, 0.3) is 0 Å². The van der Waals surface area contributed by atoms with E-state index >= 15 is 0 Å². The van der Waals surface area contributed by atoms with Crippen LogP contribution in [-0.2, 0) is 25.5 Å². The molecule has 0 saturated carbocycles. The molecule has 0 aliphatic carbocycles. The highest BCUT2D eigenvalue weighted by molar-refractivity contribution is 5.94. The highest BCUT2D eigenvalue weighted by atomic mass is 16.7. The van der Waals surface area contributed by atoms with E-state index in [-0.39, 0.29) is 35.7 Å². The number of nitrogens with one attached hydrogen (secondary N) is 1. The summed E-state index contributed by atoms with van der Waals surface area (Å²) >= 11 is 0. The normalized spacial score (nSPS) is 28.1. The largest absolute Gasteiger partial charge is 0.504 e. The number of carbonyl (C=O) groups is 3. The van der Waals surface area contributed by atoms with Crippen LogP contribution < -0.4 is 15.0 Å². The summed E-state index contributed by atoms with van der Waals surface area (Å²) in [5, 5.41) is 80.7. The number of allylic oxidation sites excluding steroid dienone is 3. The van der Waals surface area contributed by atoms with E-state index in [1.807, 2.05) is 0 Å². The summed E-state index contributed by atoms with van der Waals surface area (Å²) in [5.74, 6) is -4.67. The zero-order chi connectivity index (χ0) is 28.6. The summed E-state index contributed by atoms with van der Waals surface area (Å²) in [6.07, 6.45) is -4.09. The number of benzene rings is 1. The Balaban J connectivity index is 1.61. The number of carboxylic acids is 3. The Morgan fingerprint density at radius 3 is 2.23 bits per heavy atom. The number of anilines is 1. The summed E-state index contributed by atoms with van der Waals surface area (Å²) in [4.78, 5) is 36.1. The maximum atomic E-state index is 12.0. The summed E-state index contributed by atoms with van der Waals surface area (Å²) in [5.41, 5.74) is 0.160. The van der Waals surface area contributed by atoms with Crippen LogP contribution in [0.15, 0.2) is 47.3 Å². The van der Waals surface area contributed by atoms with Crippen LogP contribution >= 0.6 is 0 Å². The number of carboxylic acid groups (broad SMARTS) is 3. The van der Waals surface area contributed by atoms with Gasteiger partial charge >= 0.3 is 17.9 Å². The number of fused-ring (bicyclic) bond motifs is 1. The molecule has 1 saturated heterocycles. The third-order valence-corrected chi connectivity index (χ3v) is 6.51. The van der Waals surface area contributed by atoms with Gasteiger partial charge in [0.15, 0.2) is 11.5 Å². The number of phenolic OH excluding ortho intramolecular Hbond substituents is 1. The Kier molecular flexibility index (Phi) is 7.80. The van der Waals surface area contributed by atoms with E-state index in [4.69, 9.17) is 9.47 Å². The fourth-order valence-corrected chi connectivity index (χ4v) is 4.49. The monoisotopic (exact) mass is 550 g/mol. The van der Waals surface area contributed by atoms with Crippen molar-refractivity contribution in [1.29, 1.82) is 0 Å². The zero-order valence-electron chi connectivity index (χ0n) is 20.0. The van der Waals surface area contributed by atoms with Crippen molar-refractivity contribution in [2.45, 2.75) is 43.2 Å². The lowest BCUT2D eigenvalue weighted by molar-refractivity contribution is -0.277. The molecule has 0 radical (unpaired) electrons. The number of phenols is 1. The molecule has 0 amide bonds. The van der Waals surface area contributed by atoms with Crippen molar-refractivity contribution in [3.8, 4) is 11.5 Å². The van der Waals surface area contributed by atoms with E-state index in [1.54, 1.807) is 0 Å². The average Bonchev–Trinajstić information content (AvgIpc) is 3.24. The molecule has 0 aromatic heterocycles. The van der Waals surface area contributed by atoms with Crippen LogP contribution in [0.5, 0.6) is 11.5 Å². The Morgan fingerprint density at radius 2 is 1.67 bits per heavy atom. The Hall–Kier alpha value is -4.15. The number of hydrogen-bond donors (Lipinski definition) is 9. The molecular weight excluding hydrogens is 524 g/mol. The molecule has 1 aromatic carbocycles. The lowest BCUT2D eigenvalue weighted by Gasteiger charge is -2.39. The van der Waals surface area contributed by atoms with Gasteiger partial charge in [-0.3, -0.25) is 0 Å². The van der Waals surface area contributed by atoms with Gasteiger partial charge in [0, 0.05) is 24.7 Å². The van der Waals surface area contributed by atoms with Crippen molar-refractivity contribution >= 4 is 23.6 Å². The Labute approximate surface area is 219 Å². The number of dihydropyridines is 1. The molecule has 210 valence electrons. The van der Waals surface area contributed by atoms with E-state index in [2.05, 4.69) is 5.32 Å². The topological polar surface area (TPSA) is 247 Å². The summed E-state index contributed by atoms with van der Waals surface area (Å²) in [6.45, 7) is -0.785. The predicted octanol–water partition coefficient (Wildman–Crippen LogP) is -2.15. The van der Waals surface area contributed by atoms with Crippen LogP contribution in [0.2, 0.25) is 0 Å². The number of ether oxygens (including phenoxy) is 2. The van der Waals surface area contributed by atoms with Crippen molar-refractivity contribution < 1.29 is 64.7 Å². The molecule has 1 fully saturated rings. The van der Waals surface area contributed by atoms with Crippen molar-refractivity contribution in [2.24, 2.45) is 0 Å². The number of aliphatic carboxylic acids is 3. The van der Waals surface area contributed by atoms with Crippen LogP contribution in [0, 0.1) is 0 Å². The number of aliphatic hydroxyl groups is 4. The molecule has 3 aliphatic rings. The zero-order valence-corrected chi connectivity index (χ0v) is 20.0. The summed E-state index contributed by atoms with van der Waals surface area (Å²) in [7, 11) is 0. The van der Waals surface area contributed by atoms with Gasteiger partial charge in [0.25, 0.3) is 0 Å². The standard InChI is InChI=1S/C24H26N2O13/c27-8-17-18(29)19(30)20(31)24(39-17)38-16-6-10-5-14(23(36)37)26(13(10)7-15(16)28)2-1-9-3-11(21(32)33)25-12(4-9)22(34)35/h1,3-4,6-7,14,17-20,24-25,27-31H,2,5,8H2,(H,32,33)(H,34,35)(H,36,37)/t14-,17+,18-,19-,20-,24+/m1/s1. The minimum Gasteiger partial charge on any atom is -0.504 e. The third kappa shape index (κ3) is 5.52. The molecule has 15 heteroatoms. The van der Waals surface area contributed by atoms with Crippen LogP contribution in [0.4, 0.5) is 5.69 Å². The first kappa shape index (κ1) is 27.9. The number of nitrogens with zero attached hydrogens (tertiary/aromatic N) is 1. The fourth-order valence-electron chi connectivity index (χ4n) is 4.49. The number of rotatable bonds is 8. The first-order valence-electron chi connectivity index (χ1n) is 11.6. The van der Waals surface area contributed by atoms with E-state index in [1.165, 1.54) is 35.3 Å². The van der Waals surface area contributed by atoms with Crippen molar-refractivity contribution in [2.75, 3.05) is 18.1 Å². The fraction of sp³-hybridized carbons (Fsp3) is 0.375. The average molecular weight is 550 g/mol. The van der Waals surface area contributed by atoms with Crippen LogP contribution in [0.3, 0.4) is 0 Å². The quantitative estimate of drug-likeness (QED) is 0.167. The lowest BCUT2D eigenvalue weighted by atomic mass is 9.99. The van der Waals surface area contributed by atoms with Gasteiger partial charge < -0.3 is 60.5 Å². The molecule has 3 heterocycles. The van der Waals surface area contributed by atoms with Gasteiger partial charge in [-0.1, -0.05) is 6.08 Å². The maximum Gasteiger partial charge on any atom is 0.352 e. The maximum absolute atomic E-state index is 12.0. The molecule has 0 bridgehead atoms. The Bertz CT molecular complexity index is 1240. The molecule has 9 N–H and O–H groups in total. The van der Waals surface area contributed by atoms with Crippen LogP contribution in [-0.4, -0.2) is 109 Å². The van der Waals surface area contributed by atoms with Crippen molar-refractivity contribution in [1.82, 2.24) is 5.32 Å². The first-order valence-corrected chi connectivity index (χ1v) is 11.6. The van der Waals surface area contributed by atoms with Gasteiger partial charge in [-0.15, -0.1) is 0 Å². The summed E-state index contributed by atoms with van der Waals surface area (Å²) in [6, 6.07) is 1.44. The minimum absolute atomic E-state index is 0.0346. The van der Waals surface area contributed by atoms with E-state index < -0.39 is 67.0 Å². The Morgan fingerprint density at radius 1 is 1.03 bits per heavy atom. The second-order valence-electron chi connectivity index (χ2n) is 9.03.